The van der Waals surface area contributed by atoms with Crippen molar-refractivity contribution in [3.63, 3.8) is 0 Å². The van der Waals surface area contributed by atoms with Crippen LogP contribution < -0.4 is 29.7 Å². The molecule has 2 N–H and O–H groups in total. The minimum absolute atomic E-state index is 0. The van der Waals surface area contributed by atoms with Gasteiger partial charge in [-0.25, -0.2) is 0 Å². The van der Waals surface area contributed by atoms with Gasteiger partial charge in [-0.1, -0.05) is 24.3 Å². The molecule has 170 valence electrons. The number of hydrogen-bond acceptors (Lipinski definition) is 5. The van der Waals surface area contributed by atoms with Crippen LogP contribution in [-0.4, -0.2) is 60.0 Å². The molecule has 0 bridgehead atoms. The van der Waals surface area contributed by atoms with E-state index < -0.39 is 0 Å². The summed E-state index contributed by atoms with van der Waals surface area (Å²) in [6, 6.07) is 14.8. The first kappa shape index (κ1) is 24.9. The van der Waals surface area contributed by atoms with Crippen LogP contribution in [0.25, 0.3) is 0 Å². The number of rotatable bonds is 8. The maximum Gasteiger partial charge on any atom is 0.203 e. The zero-order chi connectivity index (χ0) is 21.3. The number of methoxy groups -OCH3 is 3. The molecular formula is C23H33IN4O3. The fourth-order valence-corrected chi connectivity index (χ4v) is 3.82. The number of hydrogen-bond donors (Lipinski definition) is 2. The van der Waals surface area contributed by atoms with Crippen LogP contribution in [0.5, 0.6) is 17.2 Å². The summed E-state index contributed by atoms with van der Waals surface area (Å²) in [6.07, 6.45) is 1.85. The normalized spacial score (nSPS) is 15.8. The molecule has 7 nitrogen and oxygen atoms in total. The van der Waals surface area contributed by atoms with Gasteiger partial charge in [-0.3, -0.25) is 4.99 Å². The lowest BCUT2D eigenvalue weighted by molar-refractivity contribution is 0.322. The topological polar surface area (TPSA) is 67.4 Å². The standard InChI is InChI=1S/C23H32N4O3.HI/c1-24-23(26-18-13-15-27(16-18)19-8-6-5-7-9-19)25-14-12-17-10-11-20(28-2)22(30-4)21(17)29-3;/h5-11,18H,12-16H2,1-4H3,(H2,24,25,26);1H. The number of halogens is 1. The van der Waals surface area contributed by atoms with Crippen LogP contribution in [-0.2, 0) is 6.42 Å². The molecule has 8 heteroatoms. The van der Waals surface area contributed by atoms with Crippen molar-refractivity contribution >= 4 is 35.6 Å². The van der Waals surface area contributed by atoms with Crippen molar-refractivity contribution in [2.45, 2.75) is 18.9 Å². The molecule has 3 rings (SSSR count). The number of ether oxygens (including phenoxy) is 3. The van der Waals surface area contributed by atoms with Crippen molar-refractivity contribution in [2.24, 2.45) is 4.99 Å². The van der Waals surface area contributed by atoms with Crippen molar-refractivity contribution < 1.29 is 14.2 Å². The summed E-state index contributed by atoms with van der Waals surface area (Å²) in [5.74, 6) is 2.80. The van der Waals surface area contributed by atoms with E-state index in [1.54, 1.807) is 28.4 Å². The molecule has 1 unspecified atom stereocenters. The van der Waals surface area contributed by atoms with Gasteiger partial charge in [0.05, 0.1) is 21.3 Å². The predicted octanol–water partition coefficient (Wildman–Crippen LogP) is 3.32. The van der Waals surface area contributed by atoms with E-state index in [1.807, 2.05) is 12.1 Å². The fourth-order valence-electron chi connectivity index (χ4n) is 3.82. The molecule has 1 heterocycles. The molecule has 0 radical (unpaired) electrons. The molecule has 1 fully saturated rings. The Morgan fingerprint density at radius 1 is 1.03 bits per heavy atom. The molecule has 0 amide bonds. The Bertz CT molecular complexity index is 848. The monoisotopic (exact) mass is 540 g/mol. The minimum Gasteiger partial charge on any atom is -0.493 e. The lowest BCUT2D eigenvalue weighted by Gasteiger charge is -2.20. The quantitative estimate of drug-likeness (QED) is 0.305. The predicted molar refractivity (Wildman–Crippen MR) is 137 cm³/mol. The van der Waals surface area contributed by atoms with Gasteiger partial charge in [0, 0.05) is 44.0 Å². The van der Waals surface area contributed by atoms with Crippen molar-refractivity contribution in [2.75, 3.05) is 52.9 Å². The molecule has 1 saturated heterocycles. The molecule has 0 aromatic heterocycles. The maximum absolute atomic E-state index is 5.57. The van der Waals surface area contributed by atoms with Gasteiger partial charge >= 0.3 is 0 Å². The van der Waals surface area contributed by atoms with Gasteiger partial charge in [-0.15, -0.1) is 24.0 Å². The summed E-state index contributed by atoms with van der Waals surface area (Å²) in [5, 5.41) is 6.95. The zero-order valence-electron chi connectivity index (χ0n) is 18.7. The Labute approximate surface area is 202 Å². The first-order valence-corrected chi connectivity index (χ1v) is 10.2. The van der Waals surface area contributed by atoms with Gasteiger partial charge in [0.2, 0.25) is 5.75 Å². The van der Waals surface area contributed by atoms with Crippen LogP contribution >= 0.6 is 24.0 Å². The molecule has 2 aromatic rings. The van der Waals surface area contributed by atoms with Gasteiger partial charge < -0.3 is 29.7 Å². The smallest absolute Gasteiger partial charge is 0.203 e. The second kappa shape index (κ2) is 12.5. The Morgan fingerprint density at radius 3 is 2.42 bits per heavy atom. The summed E-state index contributed by atoms with van der Waals surface area (Å²) in [7, 11) is 6.69. The summed E-state index contributed by atoms with van der Waals surface area (Å²) in [5.41, 5.74) is 2.32. The summed E-state index contributed by atoms with van der Waals surface area (Å²) >= 11 is 0. The third kappa shape index (κ3) is 6.32. The van der Waals surface area contributed by atoms with Crippen LogP contribution in [0.3, 0.4) is 0 Å². The molecule has 1 aliphatic heterocycles. The van der Waals surface area contributed by atoms with E-state index in [9.17, 15) is 0 Å². The molecule has 0 saturated carbocycles. The van der Waals surface area contributed by atoms with Crippen molar-refractivity contribution in [1.82, 2.24) is 10.6 Å². The Hall–Kier alpha value is -2.36. The van der Waals surface area contributed by atoms with Crippen LogP contribution in [0.15, 0.2) is 47.5 Å². The zero-order valence-corrected chi connectivity index (χ0v) is 21.0. The number of aliphatic imine (C=N–C) groups is 1. The third-order valence-corrected chi connectivity index (χ3v) is 5.35. The molecule has 1 atom stereocenters. The highest BCUT2D eigenvalue weighted by Gasteiger charge is 2.23. The molecule has 31 heavy (non-hydrogen) atoms. The van der Waals surface area contributed by atoms with Gasteiger partial charge in [0.1, 0.15) is 0 Å². The van der Waals surface area contributed by atoms with E-state index in [0.29, 0.717) is 23.3 Å². The minimum atomic E-state index is 0. The Balaban J connectivity index is 0.00000341. The van der Waals surface area contributed by atoms with Crippen LogP contribution in [0.1, 0.15) is 12.0 Å². The summed E-state index contributed by atoms with van der Waals surface area (Å²) in [6.45, 7) is 2.73. The first-order chi connectivity index (χ1) is 14.7. The number of benzene rings is 2. The van der Waals surface area contributed by atoms with Gasteiger partial charge in [-0.2, -0.15) is 0 Å². The van der Waals surface area contributed by atoms with Crippen molar-refractivity contribution in [3.05, 3.63) is 48.0 Å². The second-order valence-corrected chi connectivity index (χ2v) is 7.15. The van der Waals surface area contributed by atoms with E-state index in [-0.39, 0.29) is 24.0 Å². The first-order valence-electron chi connectivity index (χ1n) is 10.2. The highest BCUT2D eigenvalue weighted by molar-refractivity contribution is 14.0. The van der Waals surface area contributed by atoms with E-state index in [4.69, 9.17) is 14.2 Å². The SMILES string of the molecule is CN=C(NCCc1ccc(OC)c(OC)c1OC)NC1CCN(c2ccccc2)C1.I. The Kier molecular flexibility index (Phi) is 10.0. The Morgan fingerprint density at radius 2 is 1.77 bits per heavy atom. The van der Waals surface area contributed by atoms with Gasteiger partial charge in [0.25, 0.3) is 0 Å². The largest absolute Gasteiger partial charge is 0.493 e. The number of para-hydroxylation sites is 1. The number of anilines is 1. The highest BCUT2D eigenvalue weighted by Crippen LogP contribution is 2.39. The molecule has 0 aliphatic carbocycles. The third-order valence-electron chi connectivity index (χ3n) is 5.35. The van der Waals surface area contributed by atoms with Crippen LogP contribution in [0.2, 0.25) is 0 Å². The molecule has 0 spiro atoms. The number of guanidine groups is 1. The van der Waals surface area contributed by atoms with E-state index >= 15 is 0 Å². The molecule has 2 aromatic carbocycles. The highest BCUT2D eigenvalue weighted by atomic mass is 127. The van der Waals surface area contributed by atoms with E-state index in [2.05, 4.69) is 50.9 Å². The van der Waals surface area contributed by atoms with Crippen molar-refractivity contribution in [3.8, 4) is 17.2 Å². The number of nitrogens with one attached hydrogen (secondary N) is 2. The van der Waals surface area contributed by atoms with Crippen LogP contribution in [0.4, 0.5) is 5.69 Å². The summed E-state index contributed by atoms with van der Waals surface area (Å²) in [4.78, 5) is 6.79. The number of nitrogens with zero attached hydrogens (tertiary/aromatic N) is 2. The second-order valence-electron chi connectivity index (χ2n) is 7.15. The molecular weight excluding hydrogens is 507 g/mol. The average Bonchev–Trinajstić information content (AvgIpc) is 3.26. The average molecular weight is 540 g/mol. The van der Waals surface area contributed by atoms with Crippen LogP contribution in [0, 0.1) is 0 Å². The maximum atomic E-state index is 5.57. The lowest BCUT2D eigenvalue weighted by Crippen LogP contribution is -2.45. The summed E-state index contributed by atoms with van der Waals surface area (Å²) < 4.78 is 16.4. The van der Waals surface area contributed by atoms with Gasteiger partial charge in [-0.05, 0) is 31.0 Å². The van der Waals surface area contributed by atoms with E-state index in [1.165, 1.54) is 5.69 Å². The fraction of sp³-hybridized carbons (Fsp3) is 0.435. The molecule has 1 aliphatic rings. The van der Waals surface area contributed by atoms with E-state index in [0.717, 1.165) is 44.0 Å². The lowest BCUT2D eigenvalue weighted by atomic mass is 10.1. The van der Waals surface area contributed by atoms with Gasteiger partial charge in [0.15, 0.2) is 17.5 Å². The van der Waals surface area contributed by atoms with Crippen molar-refractivity contribution in [1.29, 1.82) is 0 Å².